The average Bonchev–Trinajstić information content (AvgIpc) is 2.71. The van der Waals surface area contributed by atoms with Crippen LogP contribution >= 0.6 is 0 Å². The summed E-state index contributed by atoms with van der Waals surface area (Å²) >= 11 is 0. The van der Waals surface area contributed by atoms with Crippen LogP contribution in [0.15, 0.2) is 0 Å². The van der Waals surface area contributed by atoms with E-state index in [0.29, 0.717) is 23.5 Å². The highest BCUT2D eigenvalue weighted by molar-refractivity contribution is 5.86. The molecule has 30 heavy (non-hydrogen) atoms. The average molecular weight is 421 g/mol. The van der Waals surface area contributed by atoms with E-state index < -0.39 is 0 Å². The summed E-state index contributed by atoms with van der Waals surface area (Å²) in [6, 6.07) is 0. The largest absolute Gasteiger partial charge is 0.356 e. The molecule has 0 aromatic heterocycles. The molecule has 4 nitrogen and oxygen atoms in total. The zero-order chi connectivity index (χ0) is 22.5. The maximum absolute atomic E-state index is 13.3. The van der Waals surface area contributed by atoms with Gasteiger partial charge in [-0.05, 0) is 87.5 Å². The highest BCUT2D eigenvalue weighted by Gasteiger charge is 2.40. The van der Waals surface area contributed by atoms with Crippen molar-refractivity contribution in [3.63, 3.8) is 0 Å². The van der Waals surface area contributed by atoms with E-state index >= 15 is 0 Å². The Balaban J connectivity index is 1.75. The number of amides is 1. The predicted octanol–water partition coefficient (Wildman–Crippen LogP) is 5.34. The molecule has 4 heteroatoms. The van der Waals surface area contributed by atoms with Crippen molar-refractivity contribution < 1.29 is 9.59 Å². The number of carbonyl (C=O) groups is 2. The summed E-state index contributed by atoms with van der Waals surface area (Å²) in [6.07, 6.45) is 9.16. The van der Waals surface area contributed by atoms with Gasteiger partial charge in [0.05, 0.1) is 0 Å². The molecule has 0 atom stereocenters. The summed E-state index contributed by atoms with van der Waals surface area (Å²) in [4.78, 5) is 25.8. The molecule has 0 radical (unpaired) electrons. The van der Waals surface area contributed by atoms with E-state index in [1.807, 2.05) is 0 Å². The zero-order valence-corrected chi connectivity index (χ0v) is 20.6. The summed E-state index contributed by atoms with van der Waals surface area (Å²) in [6.45, 7) is 14.9. The summed E-state index contributed by atoms with van der Waals surface area (Å²) in [7, 11) is 0. The lowest BCUT2D eigenvalue weighted by Crippen LogP contribution is -2.40. The maximum atomic E-state index is 13.3. The lowest BCUT2D eigenvalue weighted by Gasteiger charge is -2.39. The van der Waals surface area contributed by atoms with Crippen molar-refractivity contribution in [3.8, 4) is 0 Å². The fourth-order valence-electron chi connectivity index (χ4n) is 5.66. The van der Waals surface area contributed by atoms with Crippen LogP contribution in [0.3, 0.4) is 0 Å². The van der Waals surface area contributed by atoms with Gasteiger partial charge in [0.2, 0.25) is 5.91 Å². The Hall–Kier alpha value is -0.900. The van der Waals surface area contributed by atoms with Gasteiger partial charge in [0.15, 0.2) is 0 Å². The van der Waals surface area contributed by atoms with Gasteiger partial charge in [-0.15, -0.1) is 0 Å². The lowest BCUT2D eigenvalue weighted by molar-refractivity contribution is -0.134. The Kier molecular flexibility index (Phi) is 8.97. The Morgan fingerprint density at radius 1 is 0.867 bits per heavy atom. The van der Waals surface area contributed by atoms with Gasteiger partial charge in [-0.25, -0.2) is 0 Å². The number of rotatable bonds is 9. The van der Waals surface area contributed by atoms with Gasteiger partial charge in [0.25, 0.3) is 0 Å². The second kappa shape index (κ2) is 10.6. The van der Waals surface area contributed by atoms with Gasteiger partial charge in [-0.1, -0.05) is 41.5 Å². The molecule has 0 heterocycles. The molecule has 3 N–H and O–H groups in total. The molecule has 2 aliphatic carbocycles. The molecule has 0 saturated heterocycles. The van der Waals surface area contributed by atoms with E-state index in [1.165, 1.54) is 0 Å². The first kappa shape index (κ1) is 25.4. The van der Waals surface area contributed by atoms with Gasteiger partial charge in [-0.3, -0.25) is 9.59 Å². The van der Waals surface area contributed by atoms with E-state index in [9.17, 15) is 9.59 Å². The minimum Gasteiger partial charge on any atom is -0.356 e. The minimum absolute atomic E-state index is 0.171. The topological polar surface area (TPSA) is 72.2 Å². The molecule has 174 valence electrons. The Labute approximate surface area is 185 Å². The third-order valence-electron chi connectivity index (χ3n) is 8.46. The third-order valence-corrected chi connectivity index (χ3v) is 8.46. The molecule has 0 spiro atoms. The monoisotopic (exact) mass is 420 g/mol. The normalized spacial score (nSPS) is 28.4. The predicted molar refractivity (Wildman–Crippen MR) is 125 cm³/mol. The first-order chi connectivity index (χ1) is 14.0. The Bertz CT molecular complexity index is 566. The molecule has 0 aromatic rings. The van der Waals surface area contributed by atoms with Crippen LogP contribution in [-0.2, 0) is 9.59 Å². The smallest absolute Gasteiger partial charge is 0.223 e. The third kappa shape index (κ3) is 6.80. The molecule has 1 amide bonds. The quantitative estimate of drug-likeness (QED) is 0.529. The van der Waals surface area contributed by atoms with Gasteiger partial charge in [0, 0.05) is 23.8 Å². The number of Topliss-reactive ketones (excluding diaryl/α,β-unsaturated/α-hetero) is 1. The first-order valence-corrected chi connectivity index (χ1v) is 12.5. The number of nitrogens with one attached hydrogen (secondary N) is 1. The summed E-state index contributed by atoms with van der Waals surface area (Å²) < 4.78 is 0. The summed E-state index contributed by atoms with van der Waals surface area (Å²) in [5, 5.41) is 3.22. The number of nitrogens with two attached hydrogens (primary N) is 1. The van der Waals surface area contributed by atoms with E-state index in [0.717, 1.165) is 70.9 Å². The molecule has 2 fully saturated rings. The summed E-state index contributed by atoms with van der Waals surface area (Å²) in [5.41, 5.74) is 5.67. The molecular weight excluding hydrogens is 372 g/mol. The van der Waals surface area contributed by atoms with Crippen LogP contribution in [0.25, 0.3) is 0 Å². The van der Waals surface area contributed by atoms with Crippen LogP contribution in [0.4, 0.5) is 0 Å². The molecule has 0 unspecified atom stereocenters. The fourth-order valence-corrected chi connectivity index (χ4v) is 5.66. The van der Waals surface area contributed by atoms with Gasteiger partial charge >= 0.3 is 0 Å². The van der Waals surface area contributed by atoms with Gasteiger partial charge in [0.1, 0.15) is 5.78 Å². The van der Waals surface area contributed by atoms with Crippen LogP contribution < -0.4 is 11.1 Å². The fraction of sp³-hybridized carbons (Fsp3) is 0.923. The van der Waals surface area contributed by atoms with E-state index in [-0.39, 0.29) is 28.6 Å². The van der Waals surface area contributed by atoms with Gasteiger partial charge in [-0.2, -0.15) is 0 Å². The SMILES string of the molecule is CC(C)C(C)(C)CC(C)(C)C(=O)C1CCC(CNC(=O)C2CCC(CN)CC2)CC1. The number of carbonyl (C=O) groups excluding carboxylic acids is 2. The molecule has 0 bridgehead atoms. The highest BCUT2D eigenvalue weighted by atomic mass is 16.2. The lowest BCUT2D eigenvalue weighted by atomic mass is 9.64. The van der Waals surface area contributed by atoms with Crippen LogP contribution in [0.5, 0.6) is 0 Å². The van der Waals surface area contributed by atoms with Crippen molar-refractivity contribution in [1.82, 2.24) is 5.32 Å². The molecule has 0 aliphatic heterocycles. The van der Waals surface area contributed by atoms with Crippen molar-refractivity contribution in [3.05, 3.63) is 0 Å². The molecular formula is C26H48N2O2. The van der Waals surface area contributed by atoms with Crippen molar-refractivity contribution >= 4 is 11.7 Å². The molecule has 2 aliphatic rings. The summed E-state index contributed by atoms with van der Waals surface area (Å²) in [5.74, 6) is 2.76. The second-order valence-corrected chi connectivity index (χ2v) is 12.0. The molecule has 2 saturated carbocycles. The Morgan fingerprint density at radius 3 is 1.87 bits per heavy atom. The standard InChI is InChI=1S/C26H48N2O2/c1-18(2)25(3,4)17-26(5,6)23(29)21-11-9-20(10-12-21)16-28-24(30)22-13-7-19(15-27)8-14-22/h18-22H,7-17,27H2,1-6H3,(H,28,30). The molecule has 0 aromatic carbocycles. The number of hydrogen-bond acceptors (Lipinski definition) is 3. The second-order valence-electron chi connectivity index (χ2n) is 12.0. The van der Waals surface area contributed by atoms with Crippen molar-refractivity contribution in [2.45, 2.75) is 99.3 Å². The minimum atomic E-state index is -0.262. The van der Waals surface area contributed by atoms with Crippen LogP contribution in [0, 0.1) is 40.4 Å². The number of hydrogen-bond donors (Lipinski definition) is 2. The van der Waals surface area contributed by atoms with Crippen LogP contribution in [-0.4, -0.2) is 24.8 Å². The first-order valence-electron chi connectivity index (χ1n) is 12.5. The number of ketones is 1. The Morgan fingerprint density at radius 2 is 1.37 bits per heavy atom. The van der Waals surface area contributed by atoms with E-state index in [1.54, 1.807) is 0 Å². The zero-order valence-electron chi connectivity index (χ0n) is 20.6. The van der Waals surface area contributed by atoms with E-state index in [2.05, 4.69) is 46.9 Å². The highest BCUT2D eigenvalue weighted by Crippen LogP contribution is 2.43. The van der Waals surface area contributed by atoms with Crippen molar-refractivity contribution in [2.24, 2.45) is 46.2 Å². The van der Waals surface area contributed by atoms with Gasteiger partial charge < -0.3 is 11.1 Å². The maximum Gasteiger partial charge on any atom is 0.223 e. The van der Waals surface area contributed by atoms with Crippen molar-refractivity contribution in [2.75, 3.05) is 13.1 Å². The van der Waals surface area contributed by atoms with Crippen LogP contribution in [0.2, 0.25) is 0 Å². The van der Waals surface area contributed by atoms with Crippen LogP contribution in [0.1, 0.15) is 99.3 Å². The van der Waals surface area contributed by atoms with Crippen molar-refractivity contribution in [1.29, 1.82) is 0 Å². The molecule has 2 rings (SSSR count). The van der Waals surface area contributed by atoms with E-state index in [4.69, 9.17) is 5.73 Å².